The van der Waals surface area contributed by atoms with Crippen molar-refractivity contribution < 1.29 is 28.2 Å². The van der Waals surface area contributed by atoms with Crippen molar-refractivity contribution in [2.24, 2.45) is 0 Å². The van der Waals surface area contributed by atoms with E-state index in [-0.39, 0.29) is 19.7 Å². The molecule has 1 aromatic rings. The third-order valence-electron chi connectivity index (χ3n) is 4.10. The van der Waals surface area contributed by atoms with Crippen LogP contribution in [0.4, 0.5) is 18.0 Å². The van der Waals surface area contributed by atoms with Crippen molar-refractivity contribution in [1.29, 1.82) is 0 Å². The fourth-order valence-corrected chi connectivity index (χ4v) is 2.69. The van der Waals surface area contributed by atoms with Crippen molar-refractivity contribution in [3.05, 3.63) is 35.4 Å². The molecule has 0 radical (unpaired) electrons. The van der Waals surface area contributed by atoms with E-state index in [4.69, 9.17) is 5.11 Å². The summed E-state index contributed by atoms with van der Waals surface area (Å²) in [5.41, 5.74) is -1.16. The average Bonchev–Trinajstić information content (AvgIpc) is 2.46. The van der Waals surface area contributed by atoms with E-state index >= 15 is 0 Å². The van der Waals surface area contributed by atoms with Gasteiger partial charge in [-0.15, -0.1) is 0 Å². The van der Waals surface area contributed by atoms with Crippen molar-refractivity contribution in [3.8, 4) is 0 Å². The number of piperidine rings is 1. The number of hydrogen-bond donors (Lipinski definition) is 2. The minimum Gasteiger partial charge on any atom is -0.465 e. The quantitative estimate of drug-likeness (QED) is 0.883. The fraction of sp³-hybridized carbons (Fsp3) is 0.500. The minimum atomic E-state index is -4.44. The number of likely N-dealkylation sites (tertiary alicyclic amines) is 1. The predicted octanol–water partition coefficient (Wildman–Crippen LogP) is 2.71. The lowest BCUT2D eigenvalue weighted by Gasteiger charge is -2.40. The zero-order valence-corrected chi connectivity index (χ0v) is 11.2. The SMILES string of the molecule is O=C(O)N1CCC(CO)(c2cccc(C(F)(F)F)c2)CC1. The minimum absolute atomic E-state index is 0.201. The number of carbonyl (C=O) groups is 1. The van der Waals surface area contributed by atoms with Crippen LogP contribution in [-0.4, -0.2) is 40.9 Å². The van der Waals surface area contributed by atoms with E-state index in [9.17, 15) is 23.1 Å². The molecule has 0 bridgehead atoms. The third-order valence-corrected chi connectivity index (χ3v) is 4.10. The lowest BCUT2D eigenvalue weighted by molar-refractivity contribution is -0.137. The summed E-state index contributed by atoms with van der Waals surface area (Å²) in [6, 6.07) is 4.91. The molecule has 1 aromatic carbocycles. The molecule has 0 atom stereocenters. The van der Waals surface area contributed by atoms with Crippen LogP contribution in [0.1, 0.15) is 24.0 Å². The van der Waals surface area contributed by atoms with E-state index in [1.807, 2.05) is 0 Å². The van der Waals surface area contributed by atoms with Crippen LogP contribution in [-0.2, 0) is 11.6 Å². The van der Waals surface area contributed by atoms with Gasteiger partial charge in [-0.2, -0.15) is 13.2 Å². The van der Waals surface area contributed by atoms with E-state index < -0.39 is 23.2 Å². The van der Waals surface area contributed by atoms with E-state index in [1.165, 1.54) is 11.0 Å². The maximum Gasteiger partial charge on any atom is 0.416 e. The number of alkyl halides is 3. The van der Waals surface area contributed by atoms with Gasteiger partial charge in [0.25, 0.3) is 0 Å². The molecule has 1 saturated heterocycles. The summed E-state index contributed by atoms with van der Waals surface area (Å²) in [6.07, 6.45) is -4.88. The molecule has 116 valence electrons. The summed E-state index contributed by atoms with van der Waals surface area (Å²) in [4.78, 5) is 12.1. The van der Waals surface area contributed by atoms with Crippen LogP contribution in [0.15, 0.2) is 24.3 Å². The molecule has 4 nitrogen and oxygen atoms in total. The van der Waals surface area contributed by atoms with Crippen LogP contribution in [0, 0.1) is 0 Å². The van der Waals surface area contributed by atoms with Gasteiger partial charge in [-0.1, -0.05) is 18.2 Å². The first-order valence-electron chi connectivity index (χ1n) is 6.55. The van der Waals surface area contributed by atoms with Crippen molar-refractivity contribution >= 4 is 6.09 Å². The highest BCUT2D eigenvalue weighted by Crippen LogP contribution is 2.38. The molecule has 2 rings (SSSR count). The number of rotatable bonds is 2. The molecule has 0 saturated carbocycles. The normalized spacial score (nSPS) is 18.6. The number of aliphatic hydroxyl groups excluding tert-OH is 1. The summed E-state index contributed by atoms with van der Waals surface area (Å²) in [5, 5.41) is 18.6. The van der Waals surface area contributed by atoms with Gasteiger partial charge >= 0.3 is 12.3 Å². The second kappa shape index (κ2) is 5.55. The first-order valence-corrected chi connectivity index (χ1v) is 6.55. The Kier molecular flexibility index (Phi) is 4.13. The molecule has 0 unspecified atom stereocenters. The number of nitrogens with zero attached hydrogens (tertiary/aromatic N) is 1. The maximum absolute atomic E-state index is 12.8. The molecule has 0 spiro atoms. The van der Waals surface area contributed by atoms with Crippen LogP contribution in [0.3, 0.4) is 0 Å². The van der Waals surface area contributed by atoms with Crippen LogP contribution >= 0.6 is 0 Å². The molecule has 1 amide bonds. The molecular weight excluding hydrogens is 287 g/mol. The Bertz CT molecular complexity index is 522. The largest absolute Gasteiger partial charge is 0.465 e. The van der Waals surface area contributed by atoms with Crippen LogP contribution in [0.2, 0.25) is 0 Å². The van der Waals surface area contributed by atoms with Gasteiger partial charge in [0.1, 0.15) is 0 Å². The van der Waals surface area contributed by atoms with E-state index in [0.29, 0.717) is 18.4 Å². The highest BCUT2D eigenvalue weighted by atomic mass is 19.4. The van der Waals surface area contributed by atoms with E-state index in [2.05, 4.69) is 0 Å². The van der Waals surface area contributed by atoms with Gasteiger partial charge in [0.05, 0.1) is 12.2 Å². The number of aliphatic hydroxyl groups is 1. The molecule has 1 fully saturated rings. The van der Waals surface area contributed by atoms with Crippen molar-refractivity contribution in [3.63, 3.8) is 0 Å². The average molecular weight is 303 g/mol. The molecule has 7 heteroatoms. The predicted molar refractivity (Wildman–Crippen MR) is 69.0 cm³/mol. The first kappa shape index (κ1) is 15.6. The first-order chi connectivity index (χ1) is 9.78. The van der Waals surface area contributed by atoms with Crippen molar-refractivity contribution in [2.45, 2.75) is 24.4 Å². The second-order valence-electron chi connectivity index (χ2n) is 5.29. The second-order valence-corrected chi connectivity index (χ2v) is 5.29. The molecule has 21 heavy (non-hydrogen) atoms. The van der Waals surface area contributed by atoms with E-state index in [1.54, 1.807) is 6.07 Å². The number of halogens is 3. The van der Waals surface area contributed by atoms with Gasteiger partial charge in [-0.3, -0.25) is 0 Å². The van der Waals surface area contributed by atoms with Crippen LogP contribution in [0.5, 0.6) is 0 Å². The Morgan fingerprint density at radius 2 is 1.90 bits per heavy atom. The summed E-state index contributed by atoms with van der Waals surface area (Å²) in [5.74, 6) is 0. The molecule has 1 aliphatic rings. The smallest absolute Gasteiger partial charge is 0.416 e. The zero-order chi connectivity index (χ0) is 15.7. The topological polar surface area (TPSA) is 60.8 Å². The molecule has 1 aliphatic heterocycles. The Labute approximate surface area is 119 Å². The summed E-state index contributed by atoms with van der Waals surface area (Å²) in [6.45, 7) is 0.0973. The Morgan fingerprint density at radius 1 is 1.29 bits per heavy atom. The third kappa shape index (κ3) is 3.12. The Hall–Kier alpha value is -1.76. The number of carboxylic acid groups (broad SMARTS) is 1. The summed E-state index contributed by atoms with van der Waals surface area (Å²) < 4.78 is 38.3. The maximum atomic E-state index is 12.8. The van der Waals surface area contributed by atoms with E-state index in [0.717, 1.165) is 12.1 Å². The highest BCUT2D eigenvalue weighted by Gasteiger charge is 2.39. The highest BCUT2D eigenvalue weighted by molar-refractivity contribution is 5.65. The van der Waals surface area contributed by atoms with Gasteiger partial charge in [0.15, 0.2) is 0 Å². The number of amides is 1. The lowest BCUT2D eigenvalue weighted by atomic mass is 9.73. The van der Waals surface area contributed by atoms with Gasteiger partial charge in [0, 0.05) is 18.5 Å². The molecule has 0 aromatic heterocycles. The molecule has 1 heterocycles. The van der Waals surface area contributed by atoms with Crippen LogP contribution < -0.4 is 0 Å². The van der Waals surface area contributed by atoms with Crippen molar-refractivity contribution in [2.75, 3.05) is 19.7 Å². The number of benzene rings is 1. The molecular formula is C14H16F3NO3. The molecule has 0 aliphatic carbocycles. The van der Waals surface area contributed by atoms with Crippen LogP contribution in [0.25, 0.3) is 0 Å². The van der Waals surface area contributed by atoms with Gasteiger partial charge in [-0.05, 0) is 24.5 Å². The van der Waals surface area contributed by atoms with Gasteiger partial charge in [0.2, 0.25) is 0 Å². The molecule has 2 N–H and O–H groups in total. The summed E-state index contributed by atoms with van der Waals surface area (Å²) >= 11 is 0. The lowest BCUT2D eigenvalue weighted by Crippen LogP contribution is -2.46. The monoisotopic (exact) mass is 303 g/mol. The summed E-state index contributed by atoms with van der Waals surface area (Å²) in [7, 11) is 0. The standard InChI is InChI=1S/C14H16F3NO3/c15-14(16,17)11-3-1-2-10(8-11)13(9-19)4-6-18(7-5-13)12(20)21/h1-3,8,19H,4-7,9H2,(H,20,21). The Balaban J connectivity index is 2.28. The fourth-order valence-electron chi connectivity index (χ4n) is 2.69. The van der Waals surface area contributed by atoms with Crippen molar-refractivity contribution in [1.82, 2.24) is 4.90 Å². The van der Waals surface area contributed by atoms with Gasteiger partial charge < -0.3 is 15.1 Å². The Morgan fingerprint density at radius 3 is 2.38 bits per heavy atom. The number of hydrogen-bond acceptors (Lipinski definition) is 2. The van der Waals surface area contributed by atoms with Gasteiger partial charge in [-0.25, -0.2) is 4.79 Å². The zero-order valence-electron chi connectivity index (χ0n) is 11.2.